The highest BCUT2D eigenvalue weighted by molar-refractivity contribution is 6.30. The third-order valence-electron chi connectivity index (χ3n) is 5.54. The van der Waals surface area contributed by atoms with Gasteiger partial charge in [0.15, 0.2) is 0 Å². The predicted molar refractivity (Wildman–Crippen MR) is 109 cm³/mol. The van der Waals surface area contributed by atoms with Crippen molar-refractivity contribution in [3.8, 4) is 0 Å². The van der Waals surface area contributed by atoms with Crippen molar-refractivity contribution in [3.63, 3.8) is 0 Å². The van der Waals surface area contributed by atoms with E-state index < -0.39 is 6.04 Å². The smallest absolute Gasteiger partial charge is 0.239 e. The fourth-order valence-corrected chi connectivity index (χ4v) is 4.12. The average Bonchev–Trinajstić information content (AvgIpc) is 3.10. The van der Waals surface area contributed by atoms with Gasteiger partial charge in [-0.25, -0.2) is 0 Å². The third-order valence-corrected chi connectivity index (χ3v) is 5.80. The summed E-state index contributed by atoms with van der Waals surface area (Å²) in [5, 5.41) is 0.682. The van der Waals surface area contributed by atoms with Gasteiger partial charge in [-0.2, -0.15) is 0 Å². The maximum Gasteiger partial charge on any atom is 0.239 e. The van der Waals surface area contributed by atoms with E-state index in [4.69, 9.17) is 22.1 Å². The Morgan fingerprint density at radius 2 is 1.96 bits per heavy atom. The van der Waals surface area contributed by atoms with Crippen LogP contribution in [-0.4, -0.2) is 48.0 Å². The summed E-state index contributed by atoms with van der Waals surface area (Å²) in [7, 11) is 0. The van der Waals surface area contributed by atoms with E-state index in [2.05, 4.69) is 16.8 Å². The lowest BCUT2D eigenvalue weighted by Crippen LogP contribution is -2.53. The first-order valence-electron chi connectivity index (χ1n) is 9.66. The number of nitrogens with two attached hydrogens (primary N) is 1. The standard InChI is InChI=1S/C21H25ClN4O2/c1-14-20-18(13-28-14)24-7-6-19(20)25-8-10-26(11-9-25)21(27)17(23)12-15-2-4-16(22)5-3-15/h2-7,14,17H,8-13,23H2,1H3/t14-,17+/m0/s1. The van der Waals surface area contributed by atoms with Crippen LogP contribution >= 0.6 is 11.6 Å². The number of benzene rings is 1. The predicted octanol–water partition coefficient (Wildman–Crippen LogP) is 2.54. The number of pyridine rings is 1. The van der Waals surface area contributed by atoms with Crippen LogP contribution in [-0.2, 0) is 22.6 Å². The van der Waals surface area contributed by atoms with Crippen molar-refractivity contribution in [1.29, 1.82) is 0 Å². The Morgan fingerprint density at radius 3 is 2.68 bits per heavy atom. The fourth-order valence-electron chi connectivity index (χ4n) is 3.99. The average molecular weight is 401 g/mol. The number of piperazine rings is 1. The number of nitrogens with zero attached hydrogens (tertiary/aromatic N) is 3. The molecule has 0 unspecified atom stereocenters. The van der Waals surface area contributed by atoms with Crippen molar-refractivity contribution in [2.45, 2.75) is 32.1 Å². The zero-order valence-electron chi connectivity index (χ0n) is 16.0. The van der Waals surface area contributed by atoms with E-state index in [1.165, 1.54) is 11.3 Å². The van der Waals surface area contributed by atoms with Gasteiger partial charge in [0, 0.05) is 48.6 Å². The number of fused-ring (bicyclic) bond motifs is 1. The molecule has 148 valence electrons. The number of carbonyl (C=O) groups is 1. The number of hydrogen-bond acceptors (Lipinski definition) is 5. The molecule has 1 saturated heterocycles. The van der Waals surface area contributed by atoms with Crippen LogP contribution in [0.4, 0.5) is 5.69 Å². The van der Waals surface area contributed by atoms with E-state index in [1.807, 2.05) is 41.4 Å². The van der Waals surface area contributed by atoms with Crippen molar-refractivity contribution in [2.24, 2.45) is 5.73 Å². The molecule has 0 spiro atoms. The number of amides is 1. The third kappa shape index (κ3) is 3.85. The van der Waals surface area contributed by atoms with E-state index in [1.54, 1.807) is 0 Å². The number of hydrogen-bond donors (Lipinski definition) is 1. The van der Waals surface area contributed by atoms with Crippen LogP contribution < -0.4 is 10.6 Å². The molecular formula is C21H25ClN4O2. The van der Waals surface area contributed by atoms with Gasteiger partial charge >= 0.3 is 0 Å². The molecule has 6 nitrogen and oxygen atoms in total. The van der Waals surface area contributed by atoms with Gasteiger partial charge in [0.2, 0.25) is 5.91 Å². The molecule has 2 aliphatic rings. The highest BCUT2D eigenvalue weighted by atomic mass is 35.5. The second-order valence-electron chi connectivity index (χ2n) is 7.39. The molecule has 2 aliphatic heterocycles. The number of anilines is 1. The van der Waals surface area contributed by atoms with Crippen LogP contribution in [0.25, 0.3) is 0 Å². The van der Waals surface area contributed by atoms with Gasteiger partial charge in [0.1, 0.15) is 0 Å². The minimum Gasteiger partial charge on any atom is -0.368 e. The molecule has 1 aromatic heterocycles. The van der Waals surface area contributed by atoms with Crippen LogP contribution in [0.3, 0.4) is 0 Å². The van der Waals surface area contributed by atoms with Crippen LogP contribution in [0.15, 0.2) is 36.5 Å². The molecule has 1 amide bonds. The Morgan fingerprint density at radius 1 is 1.25 bits per heavy atom. The molecule has 0 aliphatic carbocycles. The number of aromatic nitrogens is 1. The minimum atomic E-state index is -0.536. The molecule has 1 fully saturated rings. The van der Waals surface area contributed by atoms with Crippen molar-refractivity contribution in [3.05, 3.63) is 58.4 Å². The van der Waals surface area contributed by atoms with E-state index in [0.29, 0.717) is 31.1 Å². The monoisotopic (exact) mass is 400 g/mol. The zero-order chi connectivity index (χ0) is 19.7. The molecule has 3 heterocycles. The second-order valence-corrected chi connectivity index (χ2v) is 7.83. The molecule has 28 heavy (non-hydrogen) atoms. The lowest BCUT2D eigenvalue weighted by molar-refractivity contribution is -0.132. The Bertz CT molecular complexity index is 850. The lowest BCUT2D eigenvalue weighted by Gasteiger charge is -2.38. The van der Waals surface area contributed by atoms with Crippen molar-refractivity contribution < 1.29 is 9.53 Å². The lowest BCUT2D eigenvalue weighted by atomic mass is 10.0. The second kappa shape index (κ2) is 8.07. The summed E-state index contributed by atoms with van der Waals surface area (Å²) in [5.41, 5.74) is 10.6. The SMILES string of the molecule is C[C@@H]1OCc2nccc(N3CCN(C(=O)[C@H](N)Cc4ccc(Cl)cc4)CC3)c21. The number of rotatable bonds is 4. The molecule has 0 radical (unpaired) electrons. The van der Waals surface area contributed by atoms with Gasteiger partial charge in [-0.3, -0.25) is 9.78 Å². The van der Waals surface area contributed by atoms with E-state index >= 15 is 0 Å². The summed E-state index contributed by atoms with van der Waals surface area (Å²) < 4.78 is 5.73. The van der Waals surface area contributed by atoms with Gasteiger partial charge in [0.05, 0.1) is 24.4 Å². The minimum absolute atomic E-state index is 0.00580. The Balaban J connectivity index is 1.37. The summed E-state index contributed by atoms with van der Waals surface area (Å²) in [6.07, 6.45) is 2.42. The maximum atomic E-state index is 12.8. The maximum absolute atomic E-state index is 12.8. The van der Waals surface area contributed by atoms with Crippen LogP contribution in [0.1, 0.15) is 29.8 Å². The molecular weight excluding hydrogens is 376 g/mol. The summed E-state index contributed by atoms with van der Waals surface area (Å²) in [6, 6.07) is 9.00. The highest BCUT2D eigenvalue weighted by Crippen LogP contribution is 2.36. The first-order chi connectivity index (χ1) is 13.5. The first kappa shape index (κ1) is 19.2. The number of carbonyl (C=O) groups excluding carboxylic acids is 1. The molecule has 2 aromatic rings. The Kier molecular flexibility index (Phi) is 5.53. The summed E-state index contributed by atoms with van der Waals surface area (Å²) in [4.78, 5) is 21.4. The Hall–Kier alpha value is -2.15. The highest BCUT2D eigenvalue weighted by Gasteiger charge is 2.30. The quantitative estimate of drug-likeness (QED) is 0.853. The van der Waals surface area contributed by atoms with Crippen molar-refractivity contribution >= 4 is 23.2 Å². The summed E-state index contributed by atoms with van der Waals surface area (Å²) in [6.45, 7) is 5.53. The molecule has 4 rings (SSSR count). The van der Waals surface area contributed by atoms with E-state index in [-0.39, 0.29) is 12.0 Å². The summed E-state index contributed by atoms with van der Waals surface area (Å²) in [5.74, 6) is 0.00580. The Labute approximate surface area is 170 Å². The van der Waals surface area contributed by atoms with Crippen LogP contribution in [0, 0.1) is 0 Å². The molecule has 2 atom stereocenters. The fraction of sp³-hybridized carbons (Fsp3) is 0.429. The normalized spacial score (nSPS) is 20.2. The van der Waals surface area contributed by atoms with Gasteiger partial charge in [-0.15, -0.1) is 0 Å². The van der Waals surface area contributed by atoms with Gasteiger partial charge in [0.25, 0.3) is 0 Å². The van der Waals surface area contributed by atoms with Crippen molar-refractivity contribution in [1.82, 2.24) is 9.88 Å². The molecule has 1 aromatic carbocycles. The first-order valence-corrected chi connectivity index (χ1v) is 10.0. The number of halogens is 1. The molecule has 7 heteroatoms. The van der Waals surface area contributed by atoms with Gasteiger partial charge in [-0.1, -0.05) is 23.7 Å². The van der Waals surface area contributed by atoms with E-state index in [0.717, 1.165) is 24.3 Å². The van der Waals surface area contributed by atoms with Crippen molar-refractivity contribution in [2.75, 3.05) is 31.1 Å². The largest absolute Gasteiger partial charge is 0.368 e. The molecule has 0 bridgehead atoms. The number of ether oxygens (including phenoxy) is 1. The molecule has 0 saturated carbocycles. The topological polar surface area (TPSA) is 71.7 Å². The summed E-state index contributed by atoms with van der Waals surface area (Å²) >= 11 is 5.92. The van der Waals surface area contributed by atoms with Crippen LogP contribution in [0.2, 0.25) is 5.02 Å². The van der Waals surface area contributed by atoms with Crippen LogP contribution in [0.5, 0.6) is 0 Å². The molecule has 2 N–H and O–H groups in total. The zero-order valence-corrected chi connectivity index (χ0v) is 16.7. The van der Waals surface area contributed by atoms with Gasteiger partial charge < -0.3 is 20.3 Å². The van der Waals surface area contributed by atoms with Gasteiger partial charge in [-0.05, 0) is 37.1 Å². The van der Waals surface area contributed by atoms with E-state index in [9.17, 15) is 4.79 Å².